The molecule has 0 saturated carbocycles. The van der Waals surface area contributed by atoms with Gasteiger partial charge in [0.25, 0.3) is 17.7 Å². The Kier molecular flexibility index (Phi) is 6.41. The summed E-state index contributed by atoms with van der Waals surface area (Å²) in [7, 11) is 0. The molecule has 0 bridgehead atoms. The molecule has 2 aromatic carbocycles. The van der Waals surface area contributed by atoms with Crippen molar-refractivity contribution >= 4 is 46.7 Å². The first-order valence-electron chi connectivity index (χ1n) is 10.6. The predicted octanol–water partition coefficient (Wildman–Crippen LogP) is 4.74. The number of ketones is 1. The number of halogens is 2. The summed E-state index contributed by atoms with van der Waals surface area (Å²) in [4.78, 5) is 53.2. The largest absolute Gasteiger partial charge is 0.292 e. The SMILES string of the molecule is Cc1ccc(C(=O)CN(C(=O)c2ccc(Cl)c(Cl)c2)N2C(=O)[C@@H]3[C@H](C)C=CC[C@H]3C2=O)cc1. The highest BCUT2D eigenvalue weighted by Crippen LogP contribution is 2.39. The second-order valence-electron chi connectivity index (χ2n) is 8.42. The zero-order valence-corrected chi connectivity index (χ0v) is 19.6. The van der Waals surface area contributed by atoms with Crippen LogP contribution in [0.15, 0.2) is 54.6 Å². The van der Waals surface area contributed by atoms with Crippen molar-refractivity contribution in [3.8, 4) is 0 Å². The number of nitrogens with zero attached hydrogens (tertiary/aromatic N) is 2. The van der Waals surface area contributed by atoms with Gasteiger partial charge in [-0.2, -0.15) is 5.01 Å². The molecule has 0 spiro atoms. The van der Waals surface area contributed by atoms with Crippen molar-refractivity contribution in [3.05, 3.63) is 81.4 Å². The van der Waals surface area contributed by atoms with E-state index in [1.165, 1.54) is 18.2 Å². The molecule has 8 heteroatoms. The van der Waals surface area contributed by atoms with Gasteiger partial charge in [-0.15, -0.1) is 0 Å². The van der Waals surface area contributed by atoms with E-state index in [-0.39, 0.29) is 21.5 Å². The van der Waals surface area contributed by atoms with Gasteiger partial charge in [-0.3, -0.25) is 19.2 Å². The third-order valence-corrected chi connectivity index (χ3v) is 6.90. The molecule has 3 atom stereocenters. The van der Waals surface area contributed by atoms with E-state index in [1.54, 1.807) is 24.3 Å². The number of Topliss-reactive ketones (excluding diaryl/α,β-unsaturated/α-hetero) is 1. The molecule has 3 amide bonds. The second-order valence-corrected chi connectivity index (χ2v) is 9.24. The van der Waals surface area contributed by atoms with Crippen LogP contribution in [0.2, 0.25) is 10.0 Å². The van der Waals surface area contributed by atoms with Crippen molar-refractivity contribution in [3.63, 3.8) is 0 Å². The molecule has 1 fully saturated rings. The van der Waals surface area contributed by atoms with Crippen LogP contribution >= 0.6 is 23.2 Å². The van der Waals surface area contributed by atoms with Gasteiger partial charge in [0, 0.05) is 11.1 Å². The van der Waals surface area contributed by atoms with Crippen molar-refractivity contribution < 1.29 is 19.2 Å². The minimum atomic E-state index is -0.685. The molecule has 170 valence electrons. The maximum absolute atomic E-state index is 13.5. The normalized spacial score (nSPS) is 21.8. The predicted molar refractivity (Wildman–Crippen MR) is 125 cm³/mol. The van der Waals surface area contributed by atoms with Gasteiger partial charge >= 0.3 is 0 Å². The highest BCUT2D eigenvalue weighted by molar-refractivity contribution is 6.42. The fraction of sp³-hybridized carbons (Fsp3) is 0.280. The number of hydrogen-bond acceptors (Lipinski definition) is 4. The zero-order valence-electron chi connectivity index (χ0n) is 18.1. The molecular formula is C25H22Cl2N2O4. The smallest absolute Gasteiger partial charge is 0.273 e. The van der Waals surface area contributed by atoms with Crippen LogP contribution in [0.1, 0.15) is 39.6 Å². The Labute approximate surface area is 201 Å². The minimum absolute atomic E-state index is 0.114. The summed E-state index contributed by atoms with van der Waals surface area (Å²) < 4.78 is 0. The maximum atomic E-state index is 13.5. The molecule has 1 aliphatic heterocycles. The molecule has 0 radical (unpaired) electrons. The number of imide groups is 1. The van der Waals surface area contributed by atoms with Gasteiger partial charge in [0.2, 0.25) is 0 Å². The molecule has 1 aliphatic carbocycles. The van der Waals surface area contributed by atoms with Gasteiger partial charge in [-0.1, -0.05) is 72.1 Å². The van der Waals surface area contributed by atoms with Crippen molar-refractivity contribution in [2.75, 3.05) is 6.54 Å². The van der Waals surface area contributed by atoms with Crippen LogP contribution < -0.4 is 0 Å². The lowest BCUT2D eigenvalue weighted by Crippen LogP contribution is -2.52. The van der Waals surface area contributed by atoms with E-state index >= 15 is 0 Å². The first kappa shape index (κ1) is 23.2. The average molecular weight is 485 g/mol. The number of carbonyl (C=O) groups excluding carboxylic acids is 4. The van der Waals surface area contributed by atoms with Crippen molar-refractivity contribution in [1.29, 1.82) is 0 Å². The molecule has 1 saturated heterocycles. The molecule has 0 aromatic heterocycles. The molecule has 2 aliphatic rings. The number of hydrogen-bond donors (Lipinski definition) is 0. The fourth-order valence-electron chi connectivity index (χ4n) is 4.35. The number of allylic oxidation sites excluding steroid dienone is 2. The quantitative estimate of drug-likeness (QED) is 0.349. The molecule has 0 unspecified atom stereocenters. The number of carbonyl (C=O) groups is 4. The van der Waals surface area contributed by atoms with Crippen LogP contribution in [-0.2, 0) is 9.59 Å². The highest BCUT2D eigenvalue weighted by atomic mass is 35.5. The first-order chi connectivity index (χ1) is 15.7. The van der Waals surface area contributed by atoms with E-state index in [0.717, 1.165) is 15.6 Å². The summed E-state index contributed by atoms with van der Waals surface area (Å²) in [6, 6.07) is 11.1. The standard InChI is InChI=1S/C25H22Cl2N2O4/c1-14-6-8-16(9-7-14)21(30)13-28(23(31)17-10-11-19(26)20(27)12-17)29-24(32)18-5-3-4-15(2)22(18)25(29)33/h3-4,6-12,15,18,22H,5,13H2,1-2H3/t15-,18-,22-/m1/s1. The number of hydrazine groups is 1. The van der Waals surface area contributed by atoms with E-state index < -0.39 is 41.9 Å². The van der Waals surface area contributed by atoms with Gasteiger partial charge < -0.3 is 0 Å². The van der Waals surface area contributed by atoms with Gasteiger partial charge in [-0.25, -0.2) is 5.01 Å². The summed E-state index contributed by atoms with van der Waals surface area (Å²) in [6.45, 7) is 3.29. The number of amides is 3. The molecular weight excluding hydrogens is 463 g/mol. The number of benzene rings is 2. The minimum Gasteiger partial charge on any atom is -0.292 e. The lowest BCUT2D eigenvalue weighted by Gasteiger charge is -2.30. The molecule has 6 nitrogen and oxygen atoms in total. The monoisotopic (exact) mass is 484 g/mol. The molecule has 1 heterocycles. The van der Waals surface area contributed by atoms with Crippen LogP contribution in [0.4, 0.5) is 0 Å². The Bertz CT molecular complexity index is 1180. The Morgan fingerprint density at radius 3 is 2.30 bits per heavy atom. The van der Waals surface area contributed by atoms with Gasteiger partial charge in [0.15, 0.2) is 5.78 Å². The van der Waals surface area contributed by atoms with Crippen molar-refractivity contribution in [2.45, 2.75) is 20.3 Å². The van der Waals surface area contributed by atoms with Gasteiger partial charge in [0.05, 0.1) is 21.9 Å². The van der Waals surface area contributed by atoms with Crippen LogP contribution in [0, 0.1) is 24.7 Å². The molecule has 0 N–H and O–H groups in total. The first-order valence-corrected chi connectivity index (χ1v) is 11.4. The van der Waals surface area contributed by atoms with Gasteiger partial charge in [0.1, 0.15) is 6.54 Å². The fourth-order valence-corrected chi connectivity index (χ4v) is 4.65. The average Bonchev–Trinajstić information content (AvgIpc) is 3.05. The van der Waals surface area contributed by atoms with Crippen LogP contribution in [-0.4, -0.2) is 40.1 Å². The Hall–Kier alpha value is -2.96. The van der Waals surface area contributed by atoms with Crippen molar-refractivity contribution in [2.24, 2.45) is 17.8 Å². The molecule has 33 heavy (non-hydrogen) atoms. The highest BCUT2D eigenvalue weighted by Gasteiger charge is 2.53. The Morgan fingerprint density at radius 1 is 1.00 bits per heavy atom. The van der Waals surface area contributed by atoms with Crippen LogP contribution in [0.3, 0.4) is 0 Å². The summed E-state index contributed by atoms with van der Waals surface area (Å²) in [6.07, 6.45) is 4.19. The second kappa shape index (κ2) is 9.12. The third-order valence-electron chi connectivity index (χ3n) is 6.16. The Balaban J connectivity index is 1.72. The lowest BCUT2D eigenvalue weighted by molar-refractivity contribution is -0.154. The van der Waals surface area contributed by atoms with E-state index in [1.807, 2.05) is 26.0 Å². The van der Waals surface area contributed by atoms with E-state index in [0.29, 0.717) is 12.0 Å². The maximum Gasteiger partial charge on any atom is 0.273 e. The molecule has 2 aromatic rings. The zero-order chi connectivity index (χ0) is 23.9. The van der Waals surface area contributed by atoms with Crippen LogP contribution in [0.5, 0.6) is 0 Å². The molecule has 4 rings (SSSR count). The summed E-state index contributed by atoms with van der Waals surface area (Å²) >= 11 is 12.1. The summed E-state index contributed by atoms with van der Waals surface area (Å²) in [5.74, 6) is -3.32. The van der Waals surface area contributed by atoms with E-state index in [9.17, 15) is 19.2 Å². The number of rotatable bonds is 5. The Morgan fingerprint density at radius 2 is 1.67 bits per heavy atom. The summed E-state index contributed by atoms with van der Waals surface area (Å²) in [5, 5.41) is 2.21. The van der Waals surface area contributed by atoms with Crippen LogP contribution in [0.25, 0.3) is 0 Å². The lowest BCUT2D eigenvalue weighted by atomic mass is 9.78. The van der Waals surface area contributed by atoms with Crippen molar-refractivity contribution in [1.82, 2.24) is 10.0 Å². The van der Waals surface area contributed by atoms with E-state index in [4.69, 9.17) is 23.2 Å². The van der Waals surface area contributed by atoms with Gasteiger partial charge in [-0.05, 0) is 37.5 Å². The summed E-state index contributed by atoms with van der Waals surface area (Å²) in [5.41, 5.74) is 1.47. The number of aryl methyl sites for hydroxylation is 1. The topological polar surface area (TPSA) is 74.8 Å². The van der Waals surface area contributed by atoms with E-state index in [2.05, 4.69) is 0 Å². The third kappa shape index (κ3) is 4.33. The number of fused-ring (bicyclic) bond motifs is 1.